The van der Waals surface area contributed by atoms with E-state index in [4.69, 9.17) is 0 Å². The average molecular weight is 366 g/mol. The molecule has 1 aliphatic heterocycles. The van der Waals surface area contributed by atoms with E-state index in [2.05, 4.69) is 60.9 Å². The number of unbranched alkanes of at least 4 members (excludes halogenated alkanes) is 1. The smallest absolute Gasteiger partial charge is 0.318 e. The Kier molecular flexibility index (Phi) is 6.51. The standard InChI is InChI=1S/C23H31N3O/c1-23(2)18-24-17-21(20-14-7-4-8-15-20)26(23)22(27)25-16-10-9-13-19-11-5-3-6-12-19/h3-8,11-12,14-15,21,24H,9-10,13,16-18H2,1-2H3,(H,25,27). The van der Waals surface area contributed by atoms with Crippen LogP contribution in [0.25, 0.3) is 0 Å². The highest BCUT2D eigenvalue weighted by atomic mass is 16.2. The lowest BCUT2D eigenvalue weighted by Crippen LogP contribution is -2.63. The number of piperazine rings is 1. The Labute approximate surface area is 163 Å². The van der Waals surface area contributed by atoms with E-state index in [-0.39, 0.29) is 17.6 Å². The van der Waals surface area contributed by atoms with Gasteiger partial charge in [-0.15, -0.1) is 0 Å². The van der Waals surface area contributed by atoms with Crippen molar-refractivity contribution >= 4 is 6.03 Å². The Morgan fingerprint density at radius 3 is 2.44 bits per heavy atom. The molecule has 144 valence electrons. The summed E-state index contributed by atoms with van der Waals surface area (Å²) >= 11 is 0. The van der Waals surface area contributed by atoms with Gasteiger partial charge in [0.25, 0.3) is 0 Å². The molecular weight excluding hydrogens is 334 g/mol. The van der Waals surface area contributed by atoms with Crippen molar-refractivity contribution in [3.8, 4) is 0 Å². The summed E-state index contributed by atoms with van der Waals surface area (Å²) in [7, 11) is 0. The fourth-order valence-electron chi connectivity index (χ4n) is 3.85. The Bertz CT molecular complexity index is 715. The maximum Gasteiger partial charge on any atom is 0.318 e. The number of urea groups is 1. The lowest BCUT2D eigenvalue weighted by atomic mass is 9.93. The lowest BCUT2D eigenvalue weighted by Gasteiger charge is -2.48. The number of hydrogen-bond donors (Lipinski definition) is 2. The molecule has 2 aromatic carbocycles. The Morgan fingerprint density at radius 1 is 1.07 bits per heavy atom. The minimum atomic E-state index is -0.229. The molecule has 1 atom stereocenters. The fourth-order valence-corrected chi connectivity index (χ4v) is 3.85. The van der Waals surface area contributed by atoms with Crippen molar-refractivity contribution < 1.29 is 4.79 Å². The second kappa shape index (κ2) is 9.05. The number of benzene rings is 2. The molecule has 0 bridgehead atoms. The van der Waals surface area contributed by atoms with Gasteiger partial charge >= 0.3 is 6.03 Å². The van der Waals surface area contributed by atoms with Gasteiger partial charge in [-0.05, 0) is 44.2 Å². The molecule has 1 unspecified atom stereocenters. The van der Waals surface area contributed by atoms with Crippen molar-refractivity contribution in [1.29, 1.82) is 0 Å². The summed E-state index contributed by atoms with van der Waals surface area (Å²) in [4.78, 5) is 15.0. The highest BCUT2D eigenvalue weighted by Crippen LogP contribution is 2.31. The number of aryl methyl sites for hydroxylation is 1. The largest absolute Gasteiger partial charge is 0.338 e. The molecule has 3 rings (SSSR count). The minimum Gasteiger partial charge on any atom is -0.338 e. The first-order valence-electron chi connectivity index (χ1n) is 9.95. The van der Waals surface area contributed by atoms with Crippen LogP contribution in [0.5, 0.6) is 0 Å². The number of nitrogens with one attached hydrogen (secondary N) is 2. The quantitative estimate of drug-likeness (QED) is 0.756. The van der Waals surface area contributed by atoms with E-state index in [1.165, 1.54) is 11.1 Å². The molecule has 2 amide bonds. The Hall–Kier alpha value is -2.33. The normalized spacial score (nSPS) is 18.9. The summed E-state index contributed by atoms with van der Waals surface area (Å²) in [6.07, 6.45) is 3.13. The second-order valence-corrected chi connectivity index (χ2v) is 7.91. The maximum absolute atomic E-state index is 13.0. The zero-order valence-electron chi connectivity index (χ0n) is 16.4. The lowest BCUT2D eigenvalue weighted by molar-refractivity contribution is 0.0694. The van der Waals surface area contributed by atoms with Crippen LogP contribution in [0.15, 0.2) is 60.7 Å². The third-order valence-electron chi connectivity index (χ3n) is 5.27. The summed E-state index contributed by atoms with van der Waals surface area (Å²) in [6.45, 7) is 6.56. The van der Waals surface area contributed by atoms with E-state index in [1.54, 1.807) is 0 Å². The van der Waals surface area contributed by atoms with Crippen LogP contribution in [0.2, 0.25) is 0 Å². The molecule has 4 nitrogen and oxygen atoms in total. The molecule has 1 fully saturated rings. The van der Waals surface area contributed by atoms with Crippen molar-refractivity contribution in [1.82, 2.24) is 15.5 Å². The van der Waals surface area contributed by atoms with Crippen LogP contribution in [-0.2, 0) is 6.42 Å². The van der Waals surface area contributed by atoms with E-state index >= 15 is 0 Å². The van der Waals surface area contributed by atoms with E-state index in [0.717, 1.165) is 32.4 Å². The van der Waals surface area contributed by atoms with Gasteiger partial charge in [-0.25, -0.2) is 4.79 Å². The third-order valence-corrected chi connectivity index (χ3v) is 5.27. The molecule has 0 aromatic heterocycles. The van der Waals surface area contributed by atoms with Crippen molar-refractivity contribution in [3.05, 3.63) is 71.8 Å². The molecule has 2 N–H and O–H groups in total. The molecule has 27 heavy (non-hydrogen) atoms. The van der Waals surface area contributed by atoms with E-state index < -0.39 is 0 Å². The number of amides is 2. The molecule has 2 aromatic rings. The summed E-state index contributed by atoms with van der Waals surface area (Å²) in [5, 5.41) is 6.63. The van der Waals surface area contributed by atoms with Gasteiger partial charge in [0.2, 0.25) is 0 Å². The van der Waals surface area contributed by atoms with Crippen molar-refractivity contribution in [3.63, 3.8) is 0 Å². The SMILES string of the molecule is CC1(C)CNCC(c2ccccc2)N1C(=O)NCCCCc1ccccc1. The summed E-state index contributed by atoms with van der Waals surface area (Å²) in [5.41, 5.74) is 2.31. The van der Waals surface area contributed by atoms with Crippen LogP contribution in [-0.4, -0.2) is 36.1 Å². The molecular formula is C23H31N3O. The first-order valence-corrected chi connectivity index (χ1v) is 9.95. The van der Waals surface area contributed by atoms with Crippen LogP contribution in [0.4, 0.5) is 4.79 Å². The van der Waals surface area contributed by atoms with Crippen LogP contribution < -0.4 is 10.6 Å². The van der Waals surface area contributed by atoms with Crippen molar-refractivity contribution in [2.75, 3.05) is 19.6 Å². The maximum atomic E-state index is 13.0. The minimum absolute atomic E-state index is 0.0371. The highest BCUT2D eigenvalue weighted by Gasteiger charge is 2.40. The van der Waals surface area contributed by atoms with Gasteiger partial charge in [-0.3, -0.25) is 0 Å². The average Bonchev–Trinajstić information content (AvgIpc) is 2.68. The first-order chi connectivity index (χ1) is 13.1. The summed E-state index contributed by atoms with van der Waals surface area (Å²) in [5.74, 6) is 0. The van der Waals surface area contributed by atoms with Gasteiger partial charge in [-0.2, -0.15) is 0 Å². The number of rotatable bonds is 6. The van der Waals surface area contributed by atoms with Crippen molar-refractivity contribution in [2.45, 2.75) is 44.7 Å². The molecule has 1 saturated heterocycles. The number of carbonyl (C=O) groups excluding carboxylic acids is 1. The zero-order valence-corrected chi connectivity index (χ0v) is 16.4. The molecule has 1 aliphatic rings. The molecule has 4 heteroatoms. The number of carbonyl (C=O) groups is 1. The van der Waals surface area contributed by atoms with Crippen LogP contribution in [0.3, 0.4) is 0 Å². The molecule has 0 spiro atoms. The molecule has 1 heterocycles. The molecule has 0 radical (unpaired) electrons. The Morgan fingerprint density at radius 2 is 1.74 bits per heavy atom. The van der Waals surface area contributed by atoms with E-state index in [9.17, 15) is 4.79 Å². The van der Waals surface area contributed by atoms with Gasteiger partial charge in [0.15, 0.2) is 0 Å². The van der Waals surface area contributed by atoms with Gasteiger partial charge in [-0.1, -0.05) is 60.7 Å². The Balaban J connectivity index is 1.55. The second-order valence-electron chi connectivity index (χ2n) is 7.91. The van der Waals surface area contributed by atoms with Crippen LogP contribution in [0, 0.1) is 0 Å². The summed E-state index contributed by atoms with van der Waals surface area (Å²) in [6, 6.07) is 20.9. The number of hydrogen-bond acceptors (Lipinski definition) is 2. The van der Waals surface area contributed by atoms with Crippen LogP contribution >= 0.6 is 0 Å². The van der Waals surface area contributed by atoms with Gasteiger partial charge in [0, 0.05) is 19.6 Å². The van der Waals surface area contributed by atoms with Gasteiger partial charge < -0.3 is 15.5 Å². The topological polar surface area (TPSA) is 44.4 Å². The fraction of sp³-hybridized carbons (Fsp3) is 0.435. The van der Waals surface area contributed by atoms with Gasteiger partial charge in [0.1, 0.15) is 0 Å². The monoisotopic (exact) mass is 365 g/mol. The number of nitrogens with zero attached hydrogens (tertiary/aromatic N) is 1. The predicted octanol–water partition coefficient (Wildman–Crippen LogP) is 4.14. The highest BCUT2D eigenvalue weighted by molar-refractivity contribution is 5.76. The van der Waals surface area contributed by atoms with E-state index in [1.807, 2.05) is 29.2 Å². The zero-order chi connectivity index (χ0) is 19.1. The third kappa shape index (κ3) is 5.10. The van der Waals surface area contributed by atoms with Crippen LogP contribution in [0.1, 0.15) is 43.9 Å². The summed E-state index contributed by atoms with van der Waals surface area (Å²) < 4.78 is 0. The molecule has 0 saturated carbocycles. The molecule has 0 aliphatic carbocycles. The first kappa shape index (κ1) is 19.4. The van der Waals surface area contributed by atoms with Gasteiger partial charge in [0.05, 0.1) is 11.6 Å². The van der Waals surface area contributed by atoms with E-state index in [0.29, 0.717) is 6.54 Å². The predicted molar refractivity (Wildman–Crippen MR) is 111 cm³/mol. The van der Waals surface area contributed by atoms with Crippen molar-refractivity contribution in [2.24, 2.45) is 0 Å².